The highest BCUT2D eigenvalue weighted by atomic mass is 32.2. The Kier molecular flexibility index (Phi) is 12.8. The minimum absolute atomic E-state index is 0.0655. The van der Waals surface area contributed by atoms with Crippen molar-refractivity contribution in [3.63, 3.8) is 0 Å². The van der Waals surface area contributed by atoms with Crippen molar-refractivity contribution in [3.05, 3.63) is 78.4 Å². The Hall–Kier alpha value is -3.70. The summed E-state index contributed by atoms with van der Waals surface area (Å²) in [5.41, 5.74) is 1.11. The largest absolute Gasteiger partial charge is 0.497 e. The van der Waals surface area contributed by atoms with Crippen LogP contribution in [0.2, 0.25) is 0 Å². The highest BCUT2D eigenvalue weighted by molar-refractivity contribution is 7.98. The van der Waals surface area contributed by atoms with Crippen molar-refractivity contribution in [1.29, 1.82) is 0 Å². The van der Waals surface area contributed by atoms with Crippen molar-refractivity contribution in [2.75, 3.05) is 30.8 Å². The van der Waals surface area contributed by atoms with Crippen molar-refractivity contribution in [1.82, 2.24) is 10.2 Å². The number of nitrogens with one attached hydrogen (secondary N) is 1. The van der Waals surface area contributed by atoms with E-state index in [1.54, 1.807) is 67.8 Å². The van der Waals surface area contributed by atoms with E-state index in [-0.39, 0.29) is 23.4 Å². The highest BCUT2D eigenvalue weighted by Gasteiger charge is 2.34. The van der Waals surface area contributed by atoms with Crippen molar-refractivity contribution in [2.45, 2.75) is 80.8 Å². The molecule has 11 heteroatoms. The number of benzene rings is 3. The molecule has 46 heavy (non-hydrogen) atoms. The summed E-state index contributed by atoms with van der Waals surface area (Å²) in [7, 11) is -2.59. The number of carbonyl (C=O) groups excluding carboxylic acids is 2. The summed E-state index contributed by atoms with van der Waals surface area (Å²) in [4.78, 5) is 30.6. The van der Waals surface area contributed by atoms with Gasteiger partial charge in [-0.1, -0.05) is 38.3 Å². The predicted molar refractivity (Wildman–Crippen MR) is 183 cm³/mol. The topological polar surface area (TPSA) is 105 Å². The van der Waals surface area contributed by atoms with Gasteiger partial charge in [0.05, 0.1) is 24.3 Å². The number of thioether (sulfide) groups is 1. The first-order valence-corrected chi connectivity index (χ1v) is 18.5. The fourth-order valence-corrected chi connectivity index (χ4v) is 7.49. The Morgan fingerprint density at radius 3 is 2.11 bits per heavy atom. The number of hydrogen-bond acceptors (Lipinski definition) is 7. The zero-order valence-electron chi connectivity index (χ0n) is 27.1. The fourth-order valence-electron chi connectivity index (χ4n) is 5.67. The Labute approximate surface area is 277 Å². The number of sulfonamides is 1. The predicted octanol–water partition coefficient (Wildman–Crippen LogP) is 6.27. The maximum Gasteiger partial charge on any atom is 0.264 e. The fraction of sp³-hybridized carbons (Fsp3) is 0.429. The van der Waals surface area contributed by atoms with Gasteiger partial charge in [0.1, 0.15) is 24.1 Å². The standard InChI is InChI=1S/C35H45N3O6S2/c1-5-33(35(40)36-27-10-8-7-9-11-27)37(24-26-12-16-29(43-3)17-13-26)34(39)25-38(28-14-18-30(19-15-28)44-6-2)46(41,42)32-22-20-31(45-4)21-23-32/h12-23,27,33H,5-11,24-25H2,1-4H3,(H,36,40). The van der Waals surface area contributed by atoms with E-state index in [1.807, 2.05) is 32.2 Å². The third kappa shape index (κ3) is 8.97. The van der Waals surface area contributed by atoms with Crippen LogP contribution in [0.4, 0.5) is 5.69 Å². The summed E-state index contributed by atoms with van der Waals surface area (Å²) in [6.07, 6.45) is 7.38. The van der Waals surface area contributed by atoms with E-state index in [1.165, 1.54) is 16.7 Å². The third-order valence-electron chi connectivity index (χ3n) is 8.21. The zero-order chi connectivity index (χ0) is 33.1. The molecule has 1 N–H and O–H groups in total. The van der Waals surface area contributed by atoms with Crippen LogP contribution in [0.5, 0.6) is 11.5 Å². The van der Waals surface area contributed by atoms with Gasteiger partial charge in [0.25, 0.3) is 10.0 Å². The van der Waals surface area contributed by atoms with Gasteiger partial charge in [0, 0.05) is 17.5 Å². The van der Waals surface area contributed by atoms with Crippen molar-refractivity contribution >= 4 is 39.3 Å². The summed E-state index contributed by atoms with van der Waals surface area (Å²) in [5.74, 6) is 0.550. The molecule has 2 amide bonds. The van der Waals surface area contributed by atoms with Crippen LogP contribution in [0.15, 0.2) is 82.6 Å². The lowest BCUT2D eigenvalue weighted by atomic mass is 9.95. The van der Waals surface area contributed by atoms with Crippen LogP contribution in [-0.2, 0) is 26.2 Å². The van der Waals surface area contributed by atoms with Crippen LogP contribution in [0.25, 0.3) is 0 Å². The maximum atomic E-state index is 14.4. The van der Waals surface area contributed by atoms with Gasteiger partial charge in [-0.3, -0.25) is 13.9 Å². The van der Waals surface area contributed by atoms with Crippen LogP contribution in [-0.4, -0.2) is 63.7 Å². The van der Waals surface area contributed by atoms with E-state index in [2.05, 4.69) is 5.32 Å². The number of nitrogens with zero attached hydrogens (tertiary/aromatic N) is 2. The van der Waals surface area contributed by atoms with E-state index >= 15 is 0 Å². The molecule has 1 aliphatic carbocycles. The van der Waals surface area contributed by atoms with E-state index in [4.69, 9.17) is 9.47 Å². The Bertz CT molecular complexity index is 1520. The minimum atomic E-state index is -4.17. The van der Waals surface area contributed by atoms with Crippen molar-refractivity contribution in [3.8, 4) is 11.5 Å². The SMILES string of the molecule is CCOc1ccc(N(CC(=O)N(Cc2ccc(OC)cc2)C(CC)C(=O)NC2CCCCC2)S(=O)(=O)c2ccc(SC)cc2)cc1. The quantitative estimate of drug-likeness (QED) is 0.191. The molecule has 1 atom stereocenters. The normalized spacial score (nSPS) is 14.3. The number of ether oxygens (including phenoxy) is 2. The van der Waals surface area contributed by atoms with Crippen LogP contribution in [0.3, 0.4) is 0 Å². The summed E-state index contributed by atoms with van der Waals surface area (Å²) >= 11 is 1.51. The summed E-state index contributed by atoms with van der Waals surface area (Å²) in [6, 6.07) is 19.8. The first-order chi connectivity index (χ1) is 22.2. The number of anilines is 1. The molecular formula is C35H45N3O6S2. The molecule has 0 aliphatic heterocycles. The average molecular weight is 668 g/mol. The first-order valence-electron chi connectivity index (χ1n) is 15.8. The molecule has 3 aromatic carbocycles. The minimum Gasteiger partial charge on any atom is -0.497 e. The molecule has 1 saturated carbocycles. The summed E-state index contributed by atoms with van der Waals surface area (Å²) in [5, 5.41) is 3.18. The maximum absolute atomic E-state index is 14.4. The van der Waals surface area contributed by atoms with Crippen molar-refractivity contribution < 1.29 is 27.5 Å². The van der Waals surface area contributed by atoms with Gasteiger partial charge < -0.3 is 19.7 Å². The van der Waals surface area contributed by atoms with Crippen LogP contribution < -0.4 is 19.1 Å². The van der Waals surface area contributed by atoms with Gasteiger partial charge in [0.15, 0.2) is 0 Å². The molecule has 0 aromatic heterocycles. The second kappa shape index (κ2) is 16.7. The van der Waals surface area contributed by atoms with Crippen LogP contribution in [0, 0.1) is 0 Å². The number of carbonyl (C=O) groups is 2. The molecule has 248 valence electrons. The number of hydrogen-bond donors (Lipinski definition) is 1. The summed E-state index contributed by atoms with van der Waals surface area (Å²) < 4.78 is 40.4. The average Bonchev–Trinajstić information content (AvgIpc) is 3.08. The molecule has 1 fully saturated rings. The Balaban J connectivity index is 1.71. The van der Waals surface area contributed by atoms with Crippen LogP contribution in [0.1, 0.15) is 57.9 Å². The second-order valence-corrected chi connectivity index (χ2v) is 14.0. The van der Waals surface area contributed by atoms with Gasteiger partial charge in [-0.25, -0.2) is 8.42 Å². The molecule has 0 saturated heterocycles. The van der Waals surface area contributed by atoms with E-state index in [0.29, 0.717) is 30.2 Å². The van der Waals surface area contributed by atoms with Crippen molar-refractivity contribution in [2.24, 2.45) is 0 Å². The summed E-state index contributed by atoms with van der Waals surface area (Å²) in [6.45, 7) is 3.83. The molecule has 3 aromatic rings. The molecule has 0 heterocycles. The lowest BCUT2D eigenvalue weighted by Crippen LogP contribution is -2.54. The lowest BCUT2D eigenvalue weighted by molar-refractivity contribution is -0.140. The molecule has 0 bridgehead atoms. The van der Waals surface area contributed by atoms with Gasteiger partial charge in [-0.15, -0.1) is 11.8 Å². The Morgan fingerprint density at radius 1 is 0.913 bits per heavy atom. The lowest BCUT2D eigenvalue weighted by Gasteiger charge is -2.34. The van der Waals surface area contributed by atoms with Gasteiger partial charge in [-0.05, 0) is 98.7 Å². The third-order valence-corrected chi connectivity index (χ3v) is 10.7. The van der Waals surface area contributed by atoms with E-state index < -0.39 is 28.5 Å². The van der Waals surface area contributed by atoms with E-state index in [0.717, 1.165) is 46.9 Å². The van der Waals surface area contributed by atoms with Gasteiger partial charge >= 0.3 is 0 Å². The first kappa shape index (κ1) is 35.2. The van der Waals surface area contributed by atoms with Crippen LogP contribution >= 0.6 is 11.8 Å². The van der Waals surface area contributed by atoms with Gasteiger partial charge in [0.2, 0.25) is 11.8 Å². The molecule has 9 nitrogen and oxygen atoms in total. The molecule has 0 radical (unpaired) electrons. The number of amides is 2. The molecule has 4 rings (SSSR count). The molecular weight excluding hydrogens is 623 g/mol. The highest BCUT2D eigenvalue weighted by Crippen LogP contribution is 2.28. The van der Waals surface area contributed by atoms with E-state index in [9.17, 15) is 18.0 Å². The molecule has 0 spiro atoms. The molecule has 1 aliphatic rings. The zero-order valence-corrected chi connectivity index (χ0v) is 28.7. The second-order valence-electron chi connectivity index (χ2n) is 11.3. The molecule has 1 unspecified atom stereocenters. The monoisotopic (exact) mass is 667 g/mol. The number of methoxy groups -OCH3 is 1. The number of rotatable bonds is 15. The smallest absolute Gasteiger partial charge is 0.264 e. The van der Waals surface area contributed by atoms with Gasteiger partial charge in [-0.2, -0.15) is 0 Å². The Morgan fingerprint density at radius 2 is 1.54 bits per heavy atom.